The second kappa shape index (κ2) is 10.9. The van der Waals surface area contributed by atoms with Crippen molar-refractivity contribution in [3.63, 3.8) is 0 Å². The Hall–Kier alpha value is -3.77. The molecule has 1 aromatic heterocycles. The molecule has 9 heteroatoms. The van der Waals surface area contributed by atoms with Crippen molar-refractivity contribution in [3.05, 3.63) is 75.9 Å². The van der Waals surface area contributed by atoms with E-state index < -0.39 is 5.56 Å². The first-order valence-electron chi connectivity index (χ1n) is 11.0. The zero-order chi connectivity index (χ0) is 23.9. The predicted octanol–water partition coefficient (Wildman–Crippen LogP) is 5.35. The molecule has 1 aliphatic carbocycles. The summed E-state index contributed by atoms with van der Waals surface area (Å²) in [6.45, 7) is 7.42. The van der Waals surface area contributed by atoms with Crippen molar-refractivity contribution >= 4 is 29.2 Å². The Morgan fingerprint density at radius 2 is 2.03 bits per heavy atom. The number of H-pyrrole nitrogens is 1. The third-order valence-corrected chi connectivity index (χ3v) is 6.52. The molecular weight excluding hydrogens is 450 g/mol. The van der Waals surface area contributed by atoms with Gasteiger partial charge in [0.25, 0.3) is 11.2 Å². The number of aromatic nitrogens is 2. The normalized spacial score (nSPS) is 13.3. The molecule has 4 rings (SSSR count). The molecule has 2 aromatic carbocycles. The van der Waals surface area contributed by atoms with Crippen molar-refractivity contribution in [2.75, 3.05) is 12.4 Å². The lowest BCUT2D eigenvalue weighted by atomic mass is 10.1. The Balaban J connectivity index is 1.47. The fraction of sp³-hybridized carbons (Fsp3) is 0.280. The van der Waals surface area contributed by atoms with Gasteiger partial charge >= 0.3 is 6.03 Å². The van der Waals surface area contributed by atoms with Gasteiger partial charge in [-0.25, -0.2) is 14.6 Å². The zero-order valence-corrected chi connectivity index (χ0v) is 19.6. The van der Waals surface area contributed by atoms with E-state index in [1.165, 1.54) is 11.8 Å². The molecule has 1 fully saturated rings. The molecule has 0 atom stereocenters. The lowest BCUT2D eigenvalue weighted by molar-refractivity contribution is 0.248. The monoisotopic (exact) mass is 475 g/mol. The van der Waals surface area contributed by atoms with Crippen molar-refractivity contribution in [2.24, 2.45) is 0 Å². The van der Waals surface area contributed by atoms with Gasteiger partial charge in [0.1, 0.15) is 5.75 Å². The van der Waals surface area contributed by atoms with Crippen LogP contribution in [0.4, 0.5) is 16.2 Å². The van der Waals surface area contributed by atoms with E-state index in [0.29, 0.717) is 33.6 Å². The van der Waals surface area contributed by atoms with Gasteiger partial charge in [-0.1, -0.05) is 48.9 Å². The van der Waals surface area contributed by atoms with Gasteiger partial charge in [0.2, 0.25) is 0 Å². The molecule has 0 saturated heterocycles. The minimum Gasteiger partial charge on any atom is -0.497 e. The number of carbonyl (C=O) groups excluding carboxylic acids is 1. The number of hydrogen-bond acceptors (Lipinski definition) is 5. The van der Waals surface area contributed by atoms with Crippen molar-refractivity contribution in [2.45, 2.75) is 42.6 Å². The van der Waals surface area contributed by atoms with Crippen LogP contribution in [0.3, 0.4) is 0 Å². The van der Waals surface area contributed by atoms with Crippen LogP contribution in [0.15, 0.2) is 58.5 Å². The number of hydrogen-bond donors (Lipinski definition) is 3. The Kier molecular flexibility index (Phi) is 7.50. The Labute approximate surface area is 202 Å². The molecule has 174 valence electrons. The maximum atomic E-state index is 12.5. The first-order chi connectivity index (χ1) is 16.6. The van der Waals surface area contributed by atoms with Gasteiger partial charge in [0.15, 0.2) is 5.16 Å². The molecule has 0 bridgehead atoms. The van der Waals surface area contributed by atoms with E-state index in [0.717, 1.165) is 31.2 Å². The number of aromatic amines is 1. The van der Waals surface area contributed by atoms with Crippen LogP contribution in [0.5, 0.6) is 5.75 Å². The van der Waals surface area contributed by atoms with E-state index in [-0.39, 0.29) is 17.8 Å². The second-order valence-electron chi connectivity index (χ2n) is 7.98. The third-order valence-electron chi connectivity index (χ3n) is 5.58. The molecule has 3 aromatic rings. The highest BCUT2D eigenvalue weighted by Crippen LogP contribution is 2.30. The van der Waals surface area contributed by atoms with Crippen molar-refractivity contribution in [3.8, 4) is 17.0 Å². The fourth-order valence-electron chi connectivity index (χ4n) is 3.90. The first kappa shape index (κ1) is 23.4. The van der Waals surface area contributed by atoms with Crippen LogP contribution >= 0.6 is 11.8 Å². The van der Waals surface area contributed by atoms with Gasteiger partial charge in [-0.3, -0.25) is 4.79 Å². The molecule has 0 unspecified atom stereocenters. The summed E-state index contributed by atoms with van der Waals surface area (Å²) >= 11 is 1.35. The van der Waals surface area contributed by atoms with Gasteiger partial charge in [-0.15, -0.1) is 0 Å². The van der Waals surface area contributed by atoms with Gasteiger partial charge in [0.05, 0.1) is 19.4 Å². The summed E-state index contributed by atoms with van der Waals surface area (Å²) in [5, 5.41) is 6.32. The first-order valence-corrected chi connectivity index (χ1v) is 12.0. The third kappa shape index (κ3) is 5.77. The number of amides is 2. The Morgan fingerprint density at radius 3 is 2.79 bits per heavy atom. The van der Waals surface area contributed by atoms with E-state index in [1.807, 2.05) is 24.3 Å². The topological polar surface area (TPSA) is 100 Å². The van der Waals surface area contributed by atoms with E-state index in [2.05, 4.69) is 25.4 Å². The number of thioether (sulfide) groups is 1. The van der Waals surface area contributed by atoms with E-state index in [4.69, 9.17) is 11.3 Å². The number of rotatable bonds is 7. The Bertz CT molecular complexity index is 1280. The Morgan fingerprint density at radius 1 is 1.24 bits per heavy atom. The molecular formula is C25H25N5O3S. The number of nitrogens with zero attached hydrogens (tertiary/aromatic N) is 2. The number of anilines is 1. The molecule has 8 nitrogen and oxygen atoms in total. The van der Waals surface area contributed by atoms with E-state index in [1.54, 1.807) is 31.4 Å². The quantitative estimate of drug-likeness (QED) is 0.243. The summed E-state index contributed by atoms with van der Waals surface area (Å²) in [6.07, 6.45) is 4.37. The highest BCUT2D eigenvalue weighted by molar-refractivity contribution is 7.98. The summed E-state index contributed by atoms with van der Waals surface area (Å²) in [6, 6.07) is 14.7. The molecule has 2 amide bonds. The number of nitrogens with one attached hydrogen (secondary N) is 3. The summed E-state index contributed by atoms with van der Waals surface area (Å²) in [5.41, 5.74) is 2.08. The van der Waals surface area contributed by atoms with Gasteiger partial charge < -0.3 is 20.4 Å². The summed E-state index contributed by atoms with van der Waals surface area (Å²) < 4.78 is 5.26. The molecule has 1 aliphatic rings. The maximum absolute atomic E-state index is 12.5. The van der Waals surface area contributed by atoms with Crippen molar-refractivity contribution in [1.82, 2.24) is 15.3 Å². The number of urea groups is 1. The van der Waals surface area contributed by atoms with Crippen LogP contribution in [0.2, 0.25) is 0 Å². The molecule has 0 spiro atoms. The maximum Gasteiger partial charge on any atom is 0.319 e. The average molecular weight is 476 g/mol. The van der Waals surface area contributed by atoms with Crippen LogP contribution < -0.4 is 20.9 Å². The van der Waals surface area contributed by atoms with Crippen LogP contribution in [0, 0.1) is 6.57 Å². The number of ether oxygens (including phenoxy) is 1. The van der Waals surface area contributed by atoms with Crippen LogP contribution in [-0.2, 0) is 5.75 Å². The van der Waals surface area contributed by atoms with Gasteiger partial charge in [0, 0.05) is 17.5 Å². The zero-order valence-electron chi connectivity index (χ0n) is 18.8. The highest BCUT2D eigenvalue weighted by Gasteiger charge is 2.17. The average Bonchev–Trinajstić information content (AvgIpc) is 3.35. The van der Waals surface area contributed by atoms with Crippen LogP contribution in [-0.4, -0.2) is 29.2 Å². The van der Waals surface area contributed by atoms with Crippen LogP contribution in [0.25, 0.3) is 16.1 Å². The number of benzene rings is 2. The lowest BCUT2D eigenvalue weighted by Gasteiger charge is -2.13. The fourth-order valence-corrected chi connectivity index (χ4v) is 4.71. The molecule has 34 heavy (non-hydrogen) atoms. The molecule has 1 saturated carbocycles. The summed E-state index contributed by atoms with van der Waals surface area (Å²) in [5.74, 6) is 1.14. The van der Waals surface area contributed by atoms with Gasteiger partial charge in [-0.05, 0) is 48.2 Å². The lowest BCUT2D eigenvalue weighted by Crippen LogP contribution is -2.36. The SMILES string of the molecule is [C-]#[N+]c1c(-c2cccc(OC)c2)nc(SCc2cccc(NC(=O)NC3CCCC3)c2)[nH]c1=O. The smallest absolute Gasteiger partial charge is 0.319 e. The number of carbonyl (C=O) groups is 1. The number of methoxy groups -OCH3 is 1. The highest BCUT2D eigenvalue weighted by atomic mass is 32.2. The van der Waals surface area contributed by atoms with E-state index >= 15 is 0 Å². The minimum atomic E-state index is -0.482. The van der Waals surface area contributed by atoms with Crippen molar-refractivity contribution < 1.29 is 9.53 Å². The van der Waals surface area contributed by atoms with Gasteiger partial charge in [-0.2, -0.15) is 0 Å². The minimum absolute atomic E-state index is 0.0583. The molecule has 3 N–H and O–H groups in total. The summed E-state index contributed by atoms with van der Waals surface area (Å²) in [7, 11) is 1.56. The predicted molar refractivity (Wildman–Crippen MR) is 134 cm³/mol. The van der Waals surface area contributed by atoms with E-state index in [9.17, 15) is 9.59 Å². The van der Waals surface area contributed by atoms with Crippen molar-refractivity contribution in [1.29, 1.82) is 0 Å². The summed E-state index contributed by atoms with van der Waals surface area (Å²) in [4.78, 5) is 35.4. The second-order valence-corrected chi connectivity index (χ2v) is 8.94. The standard InChI is InChI=1S/C25H25N5O3S/c1-26-22-21(17-8-6-12-20(14-17)33-2)29-25(30-23(22)31)34-15-16-7-5-11-19(13-16)28-24(32)27-18-9-3-4-10-18/h5-8,11-14,18H,3-4,9-10,15H2,2H3,(H2,27,28,32)(H,29,30,31). The molecule has 0 radical (unpaired) electrons. The largest absolute Gasteiger partial charge is 0.497 e. The molecule has 0 aliphatic heterocycles. The van der Waals surface area contributed by atoms with Crippen LogP contribution in [0.1, 0.15) is 31.2 Å². The molecule has 1 heterocycles.